The van der Waals surface area contributed by atoms with Crippen molar-refractivity contribution in [2.24, 2.45) is 0 Å². The molecule has 1 aromatic rings. The molecular formula is C13H16BrNO2. The highest BCUT2D eigenvalue weighted by Crippen LogP contribution is 2.26. The molecule has 0 saturated carbocycles. The monoisotopic (exact) mass is 297 g/mol. The van der Waals surface area contributed by atoms with E-state index in [0.29, 0.717) is 5.56 Å². The first-order valence-electron chi connectivity index (χ1n) is 5.89. The summed E-state index contributed by atoms with van der Waals surface area (Å²) in [5.74, 6) is -0.0238. The molecule has 0 aromatic heterocycles. The molecule has 0 radical (unpaired) electrons. The number of hydrogen-bond acceptors (Lipinski definition) is 2. The first kappa shape index (κ1) is 12.4. The fourth-order valence-electron chi connectivity index (χ4n) is 2.24. The third kappa shape index (κ3) is 2.63. The van der Waals surface area contributed by atoms with Crippen molar-refractivity contribution in [1.82, 2.24) is 4.90 Å². The normalized spacial score (nSPS) is 20.4. The van der Waals surface area contributed by atoms with Gasteiger partial charge in [0.2, 0.25) is 0 Å². The van der Waals surface area contributed by atoms with Gasteiger partial charge >= 0.3 is 0 Å². The Morgan fingerprint density at radius 3 is 2.88 bits per heavy atom. The van der Waals surface area contributed by atoms with Gasteiger partial charge in [-0.25, -0.2) is 0 Å². The fraction of sp³-hybridized carbons (Fsp3) is 0.462. The van der Waals surface area contributed by atoms with Gasteiger partial charge in [-0.05, 0) is 44.4 Å². The maximum absolute atomic E-state index is 12.3. The van der Waals surface area contributed by atoms with Gasteiger partial charge in [0.05, 0.1) is 5.56 Å². The number of halogens is 1. The number of nitrogens with zero attached hydrogens (tertiary/aromatic N) is 1. The van der Waals surface area contributed by atoms with Crippen LogP contribution in [0.3, 0.4) is 0 Å². The Labute approximate surface area is 110 Å². The van der Waals surface area contributed by atoms with Crippen LogP contribution in [0, 0.1) is 0 Å². The quantitative estimate of drug-likeness (QED) is 0.865. The Morgan fingerprint density at radius 1 is 1.47 bits per heavy atom. The van der Waals surface area contributed by atoms with E-state index in [1.165, 1.54) is 6.42 Å². The maximum atomic E-state index is 12.3. The van der Waals surface area contributed by atoms with Gasteiger partial charge in [-0.2, -0.15) is 0 Å². The van der Waals surface area contributed by atoms with Crippen LogP contribution in [0.1, 0.15) is 36.5 Å². The molecule has 1 heterocycles. The van der Waals surface area contributed by atoms with Crippen molar-refractivity contribution >= 4 is 21.8 Å². The molecule has 1 fully saturated rings. The third-order valence-corrected chi connectivity index (χ3v) is 3.75. The number of rotatable bonds is 1. The van der Waals surface area contributed by atoms with Crippen LogP contribution in [0.15, 0.2) is 22.7 Å². The van der Waals surface area contributed by atoms with E-state index >= 15 is 0 Å². The highest BCUT2D eigenvalue weighted by atomic mass is 79.9. The number of carbonyl (C=O) groups excluding carboxylic acids is 1. The summed E-state index contributed by atoms with van der Waals surface area (Å²) in [5.41, 5.74) is 0.391. The molecule has 0 aliphatic carbocycles. The van der Waals surface area contributed by atoms with Gasteiger partial charge in [-0.3, -0.25) is 4.79 Å². The highest BCUT2D eigenvalue weighted by molar-refractivity contribution is 9.10. The Balaban J connectivity index is 2.24. The van der Waals surface area contributed by atoms with Gasteiger partial charge in [-0.1, -0.05) is 15.9 Å². The van der Waals surface area contributed by atoms with Gasteiger partial charge in [0.15, 0.2) is 0 Å². The number of piperidine rings is 1. The van der Waals surface area contributed by atoms with E-state index in [4.69, 9.17) is 0 Å². The minimum absolute atomic E-state index is 0.0437. The van der Waals surface area contributed by atoms with E-state index in [9.17, 15) is 9.90 Å². The van der Waals surface area contributed by atoms with Crippen molar-refractivity contribution in [1.29, 1.82) is 0 Å². The largest absolute Gasteiger partial charge is 0.507 e. The average molecular weight is 298 g/mol. The standard InChI is InChI=1S/C13H16BrNO2/c1-9-4-2-3-7-15(9)13(17)11-6-5-10(14)8-12(11)16/h5-6,8-9,16H,2-4,7H2,1H3. The summed E-state index contributed by atoms with van der Waals surface area (Å²) in [6.45, 7) is 2.85. The van der Waals surface area contributed by atoms with Crippen LogP contribution in [0.5, 0.6) is 5.75 Å². The molecule has 2 rings (SSSR count). The second-order valence-corrected chi connectivity index (χ2v) is 5.42. The summed E-state index contributed by atoms with van der Waals surface area (Å²) in [6, 6.07) is 5.27. The molecule has 1 saturated heterocycles. The van der Waals surface area contributed by atoms with Crippen LogP contribution in [-0.2, 0) is 0 Å². The molecule has 1 aromatic carbocycles. The fourth-order valence-corrected chi connectivity index (χ4v) is 2.59. The summed E-state index contributed by atoms with van der Waals surface area (Å²) in [7, 11) is 0. The Hall–Kier alpha value is -1.03. The molecule has 3 nitrogen and oxygen atoms in total. The first-order chi connectivity index (χ1) is 8.09. The molecule has 1 N–H and O–H groups in total. The van der Waals surface area contributed by atoms with Gasteiger partial charge in [0, 0.05) is 17.1 Å². The number of phenolic OH excluding ortho intramolecular Hbond substituents is 1. The number of likely N-dealkylation sites (tertiary alicyclic amines) is 1. The molecule has 1 amide bonds. The van der Waals surface area contributed by atoms with E-state index in [-0.39, 0.29) is 17.7 Å². The summed E-state index contributed by atoms with van der Waals surface area (Å²) < 4.78 is 0.776. The lowest BCUT2D eigenvalue weighted by Crippen LogP contribution is -2.42. The van der Waals surface area contributed by atoms with Crippen molar-refractivity contribution in [2.75, 3.05) is 6.54 Å². The van der Waals surface area contributed by atoms with Crippen LogP contribution in [0.25, 0.3) is 0 Å². The molecule has 0 bridgehead atoms. The third-order valence-electron chi connectivity index (χ3n) is 3.25. The van der Waals surface area contributed by atoms with E-state index in [2.05, 4.69) is 22.9 Å². The zero-order chi connectivity index (χ0) is 12.4. The summed E-state index contributed by atoms with van der Waals surface area (Å²) in [5, 5.41) is 9.80. The molecular weight excluding hydrogens is 282 g/mol. The average Bonchev–Trinajstić information content (AvgIpc) is 2.29. The number of carbonyl (C=O) groups is 1. The van der Waals surface area contributed by atoms with Crippen LogP contribution in [0.2, 0.25) is 0 Å². The van der Waals surface area contributed by atoms with E-state index in [0.717, 1.165) is 23.9 Å². The number of hydrogen-bond donors (Lipinski definition) is 1. The van der Waals surface area contributed by atoms with Crippen molar-refractivity contribution in [3.05, 3.63) is 28.2 Å². The number of benzene rings is 1. The first-order valence-corrected chi connectivity index (χ1v) is 6.68. The molecule has 92 valence electrons. The van der Waals surface area contributed by atoms with Crippen molar-refractivity contribution in [2.45, 2.75) is 32.2 Å². The Kier molecular flexibility index (Phi) is 3.72. The van der Waals surface area contributed by atoms with E-state index in [1.54, 1.807) is 18.2 Å². The van der Waals surface area contributed by atoms with Crippen molar-refractivity contribution in [3.8, 4) is 5.75 Å². The second kappa shape index (κ2) is 5.08. The van der Waals surface area contributed by atoms with E-state index in [1.807, 2.05) is 4.90 Å². The summed E-state index contributed by atoms with van der Waals surface area (Å²) in [6.07, 6.45) is 3.27. The summed E-state index contributed by atoms with van der Waals surface area (Å²) >= 11 is 3.27. The molecule has 1 aliphatic rings. The molecule has 17 heavy (non-hydrogen) atoms. The minimum atomic E-state index is -0.0674. The van der Waals surface area contributed by atoms with Gasteiger partial charge < -0.3 is 10.0 Å². The SMILES string of the molecule is CC1CCCCN1C(=O)c1ccc(Br)cc1O. The molecule has 0 spiro atoms. The molecule has 1 unspecified atom stereocenters. The zero-order valence-corrected chi connectivity index (χ0v) is 11.4. The highest BCUT2D eigenvalue weighted by Gasteiger charge is 2.25. The van der Waals surface area contributed by atoms with Crippen LogP contribution in [-0.4, -0.2) is 28.5 Å². The molecule has 1 atom stereocenters. The molecule has 4 heteroatoms. The van der Waals surface area contributed by atoms with Crippen LogP contribution in [0.4, 0.5) is 0 Å². The van der Waals surface area contributed by atoms with Crippen molar-refractivity contribution < 1.29 is 9.90 Å². The Morgan fingerprint density at radius 2 is 2.24 bits per heavy atom. The minimum Gasteiger partial charge on any atom is -0.507 e. The number of phenols is 1. The summed E-state index contributed by atoms with van der Waals surface area (Å²) in [4.78, 5) is 14.1. The van der Waals surface area contributed by atoms with Crippen LogP contribution >= 0.6 is 15.9 Å². The topological polar surface area (TPSA) is 40.5 Å². The van der Waals surface area contributed by atoms with Crippen molar-refractivity contribution in [3.63, 3.8) is 0 Å². The number of amides is 1. The maximum Gasteiger partial charge on any atom is 0.257 e. The lowest BCUT2D eigenvalue weighted by atomic mass is 10.0. The lowest BCUT2D eigenvalue weighted by Gasteiger charge is -2.33. The predicted octanol–water partition coefficient (Wildman–Crippen LogP) is 3.17. The second-order valence-electron chi connectivity index (χ2n) is 4.50. The van der Waals surface area contributed by atoms with Crippen LogP contribution < -0.4 is 0 Å². The zero-order valence-electron chi connectivity index (χ0n) is 9.82. The van der Waals surface area contributed by atoms with Gasteiger partial charge in [0.25, 0.3) is 5.91 Å². The Bertz CT molecular complexity index is 433. The lowest BCUT2D eigenvalue weighted by molar-refractivity contribution is 0.0632. The predicted molar refractivity (Wildman–Crippen MR) is 70.2 cm³/mol. The van der Waals surface area contributed by atoms with E-state index < -0.39 is 0 Å². The van der Waals surface area contributed by atoms with Gasteiger partial charge in [-0.15, -0.1) is 0 Å². The smallest absolute Gasteiger partial charge is 0.257 e. The number of aromatic hydroxyl groups is 1. The molecule has 1 aliphatic heterocycles. The van der Waals surface area contributed by atoms with Gasteiger partial charge in [0.1, 0.15) is 5.75 Å².